The highest BCUT2D eigenvalue weighted by Crippen LogP contribution is 2.23. The number of nitrogens with one attached hydrogen (secondary N) is 1. The molecule has 0 aliphatic rings. The summed E-state index contributed by atoms with van der Waals surface area (Å²) in [4.78, 5) is 16.6. The zero-order chi connectivity index (χ0) is 16.2. The molecule has 0 spiro atoms. The second kappa shape index (κ2) is 7.25. The highest BCUT2D eigenvalue weighted by molar-refractivity contribution is 9.10. The number of carbonyl (C=O) groups is 1. The molecule has 2 aromatic carbocycles. The predicted octanol–water partition coefficient (Wildman–Crippen LogP) is 5.16. The summed E-state index contributed by atoms with van der Waals surface area (Å²) in [6, 6.07) is 14.8. The summed E-state index contributed by atoms with van der Waals surface area (Å²) < 4.78 is 0.946. The molecule has 0 saturated carbocycles. The Hall–Kier alpha value is -1.69. The Bertz CT molecular complexity index is 815. The van der Waals surface area contributed by atoms with Crippen molar-refractivity contribution in [1.82, 2.24) is 10.3 Å². The predicted molar refractivity (Wildman–Crippen MR) is 97.9 cm³/mol. The van der Waals surface area contributed by atoms with Gasteiger partial charge in [0.2, 0.25) is 0 Å². The van der Waals surface area contributed by atoms with Gasteiger partial charge >= 0.3 is 0 Å². The van der Waals surface area contributed by atoms with E-state index < -0.39 is 0 Å². The molecule has 1 amide bonds. The molecule has 1 N–H and O–H groups in total. The van der Waals surface area contributed by atoms with Crippen LogP contribution >= 0.6 is 38.9 Å². The van der Waals surface area contributed by atoms with Gasteiger partial charge in [0.05, 0.1) is 12.2 Å². The number of thiazole rings is 1. The summed E-state index contributed by atoms with van der Waals surface area (Å²) in [5.41, 5.74) is 2.53. The number of rotatable bonds is 4. The van der Waals surface area contributed by atoms with Crippen molar-refractivity contribution in [3.63, 3.8) is 0 Å². The van der Waals surface area contributed by atoms with Gasteiger partial charge < -0.3 is 5.32 Å². The van der Waals surface area contributed by atoms with Crippen LogP contribution in [-0.2, 0) is 6.54 Å². The van der Waals surface area contributed by atoms with Gasteiger partial charge in [-0.25, -0.2) is 4.98 Å². The first kappa shape index (κ1) is 16.2. The Balaban J connectivity index is 1.64. The Morgan fingerprint density at radius 1 is 1.13 bits per heavy atom. The van der Waals surface area contributed by atoms with E-state index in [0.29, 0.717) is 17.1 Å². The molecule has 0 saturated heterocycles. The summed E-state index contributed by atoms with van der Waals surface area (Å²) in [6.07, 6.45) is 0. The number of hydrogen-bond acceptors (Lipinski definition) is 3. The van der Waals surface area contributed by atoms with Crippen molar-refractivity contribution in [2.75, 3.05) is 0 Å². The average molecular weight is 408 g/mol. The van der Waals surface area contributed by atoms with Crippen LogP contribution in [0.15, 0.2) is 58.4 Å². The highest BCUT2D eigenvalue weighted by Gasteiger charge is 2.08. The molecule has 23 heavy (non-hydrogen) atoms. The van der Waals surface area contributed by atoms with E-state index in [9.17, 15) is 4.79 Å². The zero-order valence-electron chi connectivity index (χ0n) is 11.9. The van der Waals surface area contributed by atoms with Gasteiger partial charge in [0.15, 0.2) is 0 Å². The molecule has 116 valence electrons. The molecule has 3 nitrogen and oxygen atoms in total. The molecule has 3 aromatic rings. The third-order valence-electron chi connectivity index (χ3n) is 3.20. The van der Waals surface area contributed by atoms with E-state index in [1.807, 2.05) is 41.8 Å². The van der Waals surface area contributed by atoms with Gasteiger partial charge in [0, 0.05) is 26.0 Å². The Kier molecular flexibility index (Phi) is 5.10. The van der Waals surface area contributed by atoms with E-state index in [4.69, 9.17) is 11.6 Å². The number of aromatic nitrogens is 1. The summed E-state index contributed by atoms with van der Waals surface area (Å²) in [7, 11) is 0. The third-order valence-corrected chi connectivity index (χ3v) is 4.83. The van der Waals surface area contributed by atoms with Crippen molar-refractivity contribution < 1.29 is 4.79 Å². The van der Waals surface area contributed by atoms with E-state index >= 15 is 0 Å². The Morgan fingerprint density at radius 3 is 2.52 bits per heavy atom. The van der Waals surface area contributed by atoms with Crippen molar-refractivity contribution in [2.24, 2.45) is 0 Å². The van der Waals surface area contributed by atoms with Gasteiger partial charge in [0.1, 0.15) is 5.01 Å². The second-order valence-electron chi connectivity index (χ2n) is 4.82. The molecule has 0 aliphatic heterocycles. The molecule has 0 unspecified atom stereocenters. The van der Waals surface area contributed by atoms with Crippen LogP contribution in [-0.4, -0.2) is 10.9 Å². The Morgan fingerprint density at radius 2 is 1.83 bits per heavy atom. The molecule has 6 heteroatoms. The standard InChI is InChI=1S/C17H12BrClN2OS/c18-13-5-1-12(2-6-13)17(22)20-9-16-21-15(10-23-16)11-3-7-14(19)8-4-11/h1-8,10H,9H2,(H,20,22). The van der Waals surface area contributed by atoms with Crippen molar-refractivity contribution in [3.05, 3.63) is 74.0 Å². The van der Waals surface area contributed by atoms with Gasteiger partial charge in [-0.15, -0.1) is 11.3 Å². The van der Waals surface area contributed by atoms with Crippen LogP contribution in [0.4, 0.5) is 0 Å². The third kappa shape index (κ3) is 4.19. The maximum Gasteiger partial charge on any atom is 0.251 e. The number of nitrogens with zero attached hydrogens (tertiary/aromatic N) is 1. The normalized spacial score (nSPS) is 10.5. The molecule has 0 atom stereocenters. The van der Waals surface area contributed by atoms with Crippen LogP contribution in [0.5, 0.6) is 0 Å². The van der Waals surface area contributed by atoms with Gasteiger partial charge in [-0.1, -0.05) is 39.7 Å². The molecule has 0 radical (unpaired) electrons. The van der Waals surface area contributed by atoms with Crippen molar-refractivity contribution in [3.8, 4) is 11.3 Å². The fraction of sp³-hybridized carbons (Fsp3) is 0.0588. The SMILES string of the molecule is O=C(NCc1nc(-c2ccc(Cl)cc2)cs1)c1ccc(Br)cc1. The summed E-state index contributed by atoms with van der Waals surface area (Å²) >= 11 is 10.8. The van der Waals surface area contributed by atoms with Crippen molar-refractivity contribution in [1.29, 1.82) is 0 Å². The van der Waals surface area contributed by atoms with E-state index in [1.165, 1.54) is 11.3 Å². The van der Waals surface area contributed by atoms with E-state index in [-0.39, 0.29) is 5.91 Å². The number of amides is 1. The number of carbonyl (C=O) groups excluding carboxylic acids is 1. The minimum atomic E-state index is -0.110. The summed E-state index contributed by atoms with van der Waals surface area (Å²) in [5, 5.41) is 6.42. The molecular formula is C17H12BrClN2OS. The second-order valence-corrected chi connectivity index (χ2v) is 7.12. The van der Waals surface area contributed by atoms with E-state index in [1.54, 1.807) is 12.1 Å². The number of benzene rings is 2. The minimum absolute atomic E-state index is 0.110. The van der Waals surface area contributed by atoms with Gasteiger partial charge in [-0.3, -0.25) is 4.79 Å². The first-order valence-electron chi connectivity index (χ1n) is 6.86. The van der Waals surface area contributed by atoms with Crippen LogP contribution in [0.2, 0.25) is 5.02 Å². The van der Waals surface area contributed by atoms with E-state index in [2.05, 4.69) is 26.2 Å². The number of halogens is 2. The first-order chi connectivity index (χ1) is 11.1. The van der Waals surface area contributed by atoms with Crippen LogP contribution in [0, 0.1) is 0 Å². The summed E-state index contributed by atoms with van der Waals surface area (Å²) in [6.45, 7) is 0.410. The van der Waals surface area contributed by atoms with Crippen LogP contribution < -0.4 is 5.32 Å². The average Bonchev–Trinajstić information content (AvgIpc) is 3.03. The summed E-state index contributed by atoms with van der Waals surface area (Å²) in [5.74, 6) is -0.110. The first-order valence-corrected chi connectivity index (χ1v) is 8.91. The molecule has 3 rings (SSSR count). The van der Waals surface area contributed by atoms with Crippen molar-refractivity contribution >= 4 is 44.8 Å². The fourth-order valence-corrected chi connectivity index (χ4v) is 3.14. The quantitative estimate of drug-likeness (QED) is 0.649. The lowest BCUT2D eigenvalue weighted by Crippen LogP contribution is -2.22. The Labute approximate surface area is 151 Å². The van der Waals surface area contributed by atoms with Crippen LogP contribution in [0.1, 0.15) is 15.4 Å². The largest absolute Gasteiger partial charge is 0.346 e. The van der Waals surface area contributed by atoms with Crippen molar-refractivity contribution in [2.45, 2.75) is 6.54 Å². The van der Waals surface area contributed by atoms with Crippen LogP contribution in [0.3, 0.4) is 0 Å². The minimum Gasteiger partial charge on any atom is -0.346 e. The molecular weight excluding hydrogens is 396 g/mol. The molecule has 1 heterocycles. The smallest absolute Gasteiger partial charge is 0.251 e. The lowest BCUT2D eigenvalue weighted by atomic mass is 10.2. The van der Waals surface area contributed by atoms with Gasteiger partial charge in [-0.2, -0.15) is 0 Å². The molecule has 1 aromatic heterocycles. The fourth-order valence-electron chi connectivity index (χ4n) is 2.00. The van der Waals surface area contributed by atoms with Crippen LogP contribution in [0.25, 0.3) is 11.3 Å². The van der Waals surface area contributed by atoms with E-state index in [0.717, 1.165) is 20.7 Å². The zero-order valence-corrected chi connectivity index (χ0v) is 15.1. The monoisotopic (exact) mass is 406 g/mol. The maximum atomic E-state index is 12.1. The highest BCUT2D eigenvalue weighted by atomic mass is 79.9. The molecule has 0 fully saturated rings. The molecule has 0 aliphatic carbocycles. The lowest BCUT2D eigenvalue weighted by Gasteiger charge is -2.03. The number of hydrogen-bond donors (Lipinski definition) is 1. The maximum absolute atomic E-state index is 12.1. The molecule has 0 bridgehead atoms. The van der Waals surface area contributed by atoms with Gasteiger partial charge in [-0.05, 0) is 36.4 Å². The lowest BCUT2D eigenvalue weighted by molar-refractivity contribution is 0.0951. The topological polar surface area (TPSA) is 42.0 Å². The van der Waals surface area contributed by atoms with Gasteiger partial charge in [0.25, 0.3) is 5.91 Å².